The van der Waals surface area contributed by atoms with Crippen LogP contribution in [-0.4, -0.2) is 26.9 Å². The number of carbonyl (C=O) groups is 2. The smallest absolute Gasteiger partial charge is 0.384 e. The van der Waals surface area contributed by atoms with E-state index in [0.717, 1.165) is 0 Å². The van der Waals surface area contributed by atoms with Crippen molar-refractivity contribution >= 4 is 19.8 Å². The van der Waals surface area contributed by atoms with Gasteiger partial charge in [-0.1, -0.05) is 25.6 Å². The van der Waals surface area contributed by atoms with Crippen molar-refractivity contribution in [3.63, 3.8) is 0 Å². The lowest BCUT2D eigenvalue weighted by molar-refractivity contribution is -0.133. The van der Waals surface area contributed by atoms with Gasteiger partial charge in [-0.05, 0) is 5.92 Å². The number of carbonyl (C=O) groups excluding carboxylic acids is 2. The maximum atomic E-state index is 11.3. The number of hydrogen-bond donors (Lipinski definition) is 0. The quantitative estimate of drug-likeness (QED) is 0.315. The molecule has 16 heavy (non-hydrogen) atoms. The van der Waals surface area contributed by atoms with Crippen molar-refractivity contribution in [1.82, 2.24) is 0 Å². The molecule has 0 atom stereocenters. The molecule has 0 aliphatic rings. The molecule has 0 amide bonds. The van der Waals surface area contributed by atoms with Crippen LogP contribution in [0.2, 0.25) is 19.6 Å². The molecule has 0 aliphatic carbocycles. The van der Waals surface area contributed by atoms with E-state index in [2.05, 4.69) is 47.7 Å². The zero-order chi connectivity index (χ0) is 12.6. The Labute approximate surface area is 97.6 Å². The number of esters is 1. The molecule has 0 saturated heterocycles. The number of ether oxygens (including phenoxy) is 1. The van der Waals surface area contributed by atoms with Crippen molar-refractivity contribution < 1.29 is 14.3 Å². The summed E-state index contributed by atoms with van der Waals surface area (Å²) in [6.07, 6.45) is 0.607. The van der Waals surface area contributed by atoms with Crippen molar-refractivity contribution in [2.24, 2.45) is 0 Å². The molecule has 0 radical (unpaired) electrons. The van der Waals surface area contributed by atoms with Gasteiger partial charge in [-0.2, -0.15) is 0 Å². The highest BCUT2D eigenvalue weighted by Crippen LogP contribution is 1.97. The van der Waals surface area contributed by atoms with Crippen molar-refractivity contribution in [3.05, 3.63) is 0 Å². The molecule has 0 rings (SSSR count). The van der Waals surface area contributed by atoms with Gasteiger partial charge in [0.1, 0.15) is 8.07 Å². The molecule has 4 heteroatoms. The summed E-state index contributed by atoms with van der Waals surface area (Å²) in [5, 5.41) is 0. The summed E-state index contributed by atoms with van der Waals surface area (Å²) in [6, 6.07) is 0. The normalized spacial score (nSPS) is 9.25. The summed E-state index contributed by atoms with van der Waals surface area (Å²) in [5.74, 6) is 6.73. The zero-order valence-electron chi connectivity index (χ0n) is 10.1. The lowest BCUT2D eigenvalue weighted by Gasteiger charge is -2.02. The lowest BCUT2D eigenvalue weighted by Crippen LogP contribution is -2.17. The minimum Gasteiger partial charge on any atom is -0.459 e. The van der Waals surface area contributed by atoms with Crippen LogP contribution in [0.25, 0.3) is 0 Å². The van der Waals surface area contributed by atoms with Gasteiger partial charge < -0.3 is 4.74 Å². The molecular formula is C12H16O3Si. The van der Waals surface area contributed by atoms with E-state index < -0.39 is 14.0 Å². The Balaban J connectivity index is 4.03. The molecule has 86 valence electrons. The molecule has 0 aromatic carbocycles. The fourth-order valence-electron chi connectivity index (χ4n) is 0.681. The number of ketones is 1. The van der Waals surface area contributed by atoms with E-state index in [0.29, 0.717) is 6.42 Å². The van der Waals surface area contributed by atoms with E-state index in [4.69, 9.17) is 0 Å². The summed E-state index contributed by atoms with van der Waals surface area (Å²) in [5.41, 5.74) is 2.98. The van der Waals surface area contributed by atoms with Gasteiger partial charge in [-0.15, -0.1) is 5.54 Å². The van der Waals surface area contributed by atoms with E-state index in [1.807, 2.05) is 0 Å². The molecule has 3 nitrogen and oxygen atoms in total. The van der Waals surface area contributed by atoms with E-state index in [9.17, 15) is 9.59 Å². The van der Waals surface area contributed by atoms with Gasteiger partial charge in [-0.3, -0.25) is 4.79 Å². The van der Waals surface area contributed by atoms with Crippen LogP contribution >= 0.6 is 0 Å². The second-order valence-corrected chi connectivity index (χ2v) is 8.97. The molecule has 0 aromatic heterocycles. The third kappa shape index (κ3) is 9.05. The first-order chi connectivity index (χ1) is 7.35. The molecule has 0 fully saturated rings. The average Bonchev–Trinajstić information content (AvgIpc) is 2.20. The number of rotatable bonds is 2. The Hall–Kier alpha value is -1.52. The summed E-state index contributed by atoms with van der Waals surface area (Å²) in [4.78, 5) is 21.9. The van der Waals surface area contributed by atoms with Gasteiger partial charge in [0.15, 0.2) is 0 Å². The molecular weight excluding hydrogens is 220 g/mol. The number of Topliss-reactive ketones (excluding diaryl/α,β-unsaturated/α-hetero) is 1. The summed E-state index contributed by atoms with van der Waals surface area (Å²) >= 11 is 0. The molecule has 0 aromatic rings. The predicted molar refractivity (Wildman–Crippen MR) is 65.2 cm³/mol. The summed E-state index contributed by atoms with van der Waals surface area (Å²) < 4.78 is 4.33. The van der Waals surface area contributed by atoms with Crippen LogP contribution in [0.5, 0.6) is 0 Å². The predicted octanol–water partition coefficient (Wildman–Crippen LogP) is 1.39. The first-order valence-electron chi connectivity index (χ1n) is 4.98. The second kappa shape index (κ2) is 6.87. The van der Waals surface area contributed by atoms with Crippen LogP contribution in [0.4, 0.5) is 0 Å². The highest BCUT2D eigenvalue weighted by molar-refractivity contribution is 6.84. The average molecular weight is 236 g/mol. The Morgan fingerprint density at radius 3 is 2.31 bits per heavy atom. The Morgan fingerprint density at radius 1 is 1.19 bits per heavy atom. The summed E-state index contributed by atoms with van der Waals surface area (Å²) in [7, 11) is -0.218. The van der Waals surface area contributed by atoms with Crippen molar-refractivity contribution in [2.75, 3.05) is 7.11 Å². The standard InChI is InChI=1S/C12H16O3Si/c1-15-12(14)8-6-5-7-11(13)9-10-16(2,3)4/h5,7H2,1-4H3. The van der Waals surface area contributed by atoms with E-state index in [1.54, 1.807) is 0 Å². The molecule has 0 saturated carbocycles. The van der Waals surface area contributed by atoms with Gasteiger partial charge in [0.25, 0.3) is 0 Å². The van der Waals surface area contributed by atoms with E-state index in [-0.39, 0.29) is 12.2 Å². The molecule has 0 N–H and O–H groups in total. The summed E-state index contributed by atoms with van der Waals surface area (Å²) in [6.45, 7) is 6.22. The van der Waals surface area contributed by atoms with Crippen LogP contribution in [0.3, 0.4) is 0 Å². The molecule has 0 heterocycles. The molecule has 0 spiro atoms. The first kappa shape index (κ1) is 14.5. The lowest BCUT2D eigenvalue weighted by atomic mass is 10.2. The third-order valence-electron chi connectivity index (χ3n) is 1.43. The van der Waals surface area contributed by atoms with E-state index in [1.165, 1.54) is 7.11 Å². The second-order valence-electron chi connectivity index (χ2n) is 4.22. The maximum absolute atomic E-state index is 11.3. The Morgan fingerprint density at radius 2 is 1.81 bits per heavy atom. The minimum atomic E-state index is -1.48. The molecule has 0 unspecified atom stereocenters. The maximum Gasteiger partial charge on any atom is 0.384 e. The van der Waals surface area contributed by atoms with Crippen molar-refractivity contribution in [2.45, 2.75) is 32.5 Å². The SMILES string of the molecule is COC(=O)C#CCCC(=O)C#C[Si](C)(C)C. The van der Waals surface area contributed by atoms with Crippen LogP contribution in [0, 0.1) is 23.3 Å². The minimum absolute atomic E-state index is 0.124. The number of methoxy groups -OCH3 is 1. The van der Waals surface area contributed by atoms with Crippen molar-refractivity contribution in [1.29, 1.82) is 0 Å². The van der Waals surface area contributed by atoms with E-state index >= 15 is 0 Å². The monoisotopic (exact) mass is 236 g/mol. The highest BCUT2D eigenvalue weighted by Gasteiger charge is 2.08. The van der Waals surface area contributed by atoms with Gasteiger partial charge in [0, 0.05) is 18.8 Å². The van der Waals surface area contributed by atoms with Gasteiger partial charge in [-0.25, -0.2) is 4.79 Å². The van der Waals surface area contributed by atoms with Gasteiger partial charge in [0.05, 0.1) is 7.11 Å². The fraction of sp³-hybridized carbons (Fsp3) is 0.500. The van der Waals surface area contributed by atoms with Crippen LogP contribution < -0.4 is 0 Å². The topological polar surface area (TPSA) is 43.4 Å². The first-order valence-corrected chi connectivity index (χ1v) is 8.48. The molecule has 0 bridgehead atoms. The Kier molecular flexibility index (Phi) is 6.21. The zero-order valence-corrected chi connectivity index (χ0v) is 11.1. The highest BCUT2D eigenvalue weighted by atomic mass is 28.3. The number of hydrogen-bond acceptors (Lipinski definition) is 3. The third-order valence-corrected chi connectivity index (χ3v) is 2.30. The van der Waals surface area contributed by atoms with Crippen LogP contribution in [0.1, 0.15) is 12.8 Å². The van der Waals surface area contributed by atoms with Gasteiger partial charge >= 0.3 is 5.97 Å². The largest absolute Gasteiger partial charge is 0.459 e. The Bertz CT molecular complexity index is 382. The fourth-order valence-corrected chi connectivity index (χ4v) is 1.20. The van der Waals surface area contributed by atoms with Crippen LogP contribution in [-0.2, 0) is 14.3 Å². The van der Waals surface area contributed by atoms with Gasteiger partial charge in [0.2, 0.25) is 5.78 Å². The van der Waals surface area contributed by atoms with Crippen LogP contribution in [0.15, 0.2) is 0 Å². The molecule has 0 aliphatic heterocycles. The van der Waals surface area contributed by atoms with Crippen molar-refractivity contribution in [3.8, 4) is 23.3 Å².